The maximum atomic E-state index is 12.3. The average Bonchev–Trinajstić information content (AvgIpc) is 2.84. The molecule has 2 aliphatic rings. The van der Waals surface area contributed by atoms with Gasteiger partial charge in [0.05, 0.1) is 23.6 Å². The molecule has 0 aliphatic carbocycles. The number of esters is 1. The highest BCUT2D eigenvalue weighted by molar-refractivity contribution is 8.18. The molecule has 0 aromatic carbocycles. The summed E-state index contributed by atoms with van der Waals surface area (Å²) in [5, 5.41) is 0.614. The lowest BCUT2D eigenvalue weighted by Crippen LogP contribution is -2.32. The van der Waals surface area contributed by atoms with Crippen molar-refractivity contribution in [2.75, 3.05) is 41.0 Å². The quantitative estimate of drug-likeness (QED) is 0.510. The van der Waals surface area contributed by atoms with Gasteiger partial charge in [0.25, 0.3) is 5.91 Å². The Balaban J connectivity index is 2.05. The monoisotopic (exact) mass is 339 g/mol. The van der Waals surface area contributed by atoms with E-state index in [4.69, 9.17) is 9.47 Å². The number of carbonyl (C=O) groups excluding carboxylic acids is 2. The molecular formula is C15H21N3O4S. The lowest BCUT2D eigenvalue weighted by atomic mass is 10.00. The topological polar surface area (TPSA) is 80.6 Å². The van der Waals surface area contributed by atoms with Crippen molar-refractivity contribution < 1.29 is 19.1 Å². The standard InChI is InChI=1S/C15H21N3O4S/c1-9-11-13(19)16-10(8-18(2)6-5-7-21-3)17-14(11)23-12(9)15(20)22-4/h11H,5-8H2,1-4H3. The van der Waals surface area contributed by atoms with Crippen molar-refractivity contribution in [3.8, 4) is 0 Å². The minimum atomic E-state index is -0.531. The fourth-order valence-electron chi connectivity index (χ4n) is 2.45. The number of amides is 1. The van der Waals surface area contributed by atoms with E-state index in [0.717, 1.165) is 13.0 Å². The summed E-state index contributed by atoms with van der Waals surface area (Å²) in [4.78, 5) is 35.1. The van der Waals surface area contributed by atoms with Crippen LogP contribution in [0.1, 0.15) is 13.3 Å². The highest BCUT2D eigenvalue weighted by Crippen LogP contribution is 2.40. The number of carbonyl (C=O) groups is 2. The van der Waals surface area contributed by atoms with Crippen molar-refractivity contribution in [3.63, 3.8) is 0 Å². The van der Waals surface area contributed by atoms with Crippen molar-refractivity contribution >= 4 is 34.5 Å². The van der Waals surface area contributed by atoms with Crippen LogP contribution in [0.25, 0.3) is 0 Å². The van der Waals surface area contributed by atoms with Crippen LogP contribution >= 0.6 is 11.8 Å². The second-order valence-corrected chi connectivity index (χ2v) is 6.47. The first-order valence-electron chi connectivity index (χ1n) is 7.32. The van der Waals surface area contributed by atoms with Gasteiger partial charge in [-0.2, -0.15) is 4.99 Å². The summed E-state index contributed by atoms with van der Waals surface area (Å²) in [5.41, 5.74) is 0.668. The summed E-state index contributed by atoms with van der Waals surface area (Å²) < 4.78 is 9.77. The molecule has 0 spiro atoms. The van der Waals surface area contributed by atoms with E-state index in [1.807, 2.05) is 11.9 Å². The number of hydrogen-bond donors (Lipinski definition) is 0. The third-order valence-corrected chi connectivity index (χ3v) is 4.87. The number of methoxy groups -OCH3 is 2. The Labute approximate surface area is 139 Å². The fourth-order valence-corrected chi connectivity index (χ4v) is 3.65. The molecule has 1 unspecified atom stereocenters. The van der Waals surface area contributed by atoms with Crippen LogP contribution in [0.3, 0.4) is 0 Å². The van der Waals surface area contributed by atoms with Crippen LogP contribution in [0.2, 0.25) is 0 Å². The number of nitrogens with zero attached hydrogens (tertiary/aromatic N) is 3. The molecule has 1 amide bonds. The van der Waals surface area contributed by atoms with E-state index < -0.39 is 11.9 Å². The van der Waals surface area contributed by atoms with Crippen LogP contribution in [0.4, 0.5) is 0 Å². The summed E-state index contributed by atoms with van der Waals surface area (Å²) in [7, 11) is 4.94. The third kappa shape index (κ3) is 4.07. The summed E-state index contributed by atoms with van der Waals surface area (Å²) in [6.07, 6.45) is 0.898. The van der Waals surface area contributed by atoms with Crippen molar-refractivity contribution in [3.05, 3.63) is 10.5 Å². The number of hydrogen-bond acceptors (Lipinski definition) is 7. The maximum Gasteiger partial charge on any atom is 0.344 e. The van der Waals surface area contributed by atoms with E-state index >= 15 is 0 Å². The second kappa shape index (κ2) is 7.85. The Hall–Kier alpha value is -1.51. The number of rotatable bonds is 7. The molecule has 0 bridgehead atoms. The van der Waals surface area contributed by atoms with Gasteiger partial charge < -0.3 is 9.47 Å². The predicted molar refractivity (Wildman–Crippen MR) is 89.7 cm³/mol. The first-order valence-corrected chi connectivity index (χ1v) is 8.14. The molecule has 0 N–H and O–H groups in total. The van der Waals surface area contributed by atoms with Gasteiger partial charge in [0.2, 0.25) is 0 Å². The summed E-state index contributed by atoms with van der Waals surface area (Å²) in [6, 6.07) is 0. The predicted octanol–water partition coefficient (Wildman–Crippen LogP) is 1.10. The molecule has 7 nitrogen and oxygen atoms in total. The van der Waals surface area contributed by atoms with Crippen LogP contribution in [-0.2, 0) is 19.1 Å². The Morgan fingerprint density at radius 1 is 1.35 bits per heavy atom. The largest absolute Gasteiger partial charge is 0.465 e. The lowest BCUT2D eigenvalue weighted by Gasteiger charge is -2.19. The Morgan fingerprint density at radius 3 is 2.74 bits per heavy atom. The minimum absolute atomic E-state index is 0.265. The minimum Gasteiger partial charge on any atom is -0.465 e. The normalized spacial score (nSPS) is 20.6. The van der Waals surface area contributed by atoms with Crippen molar-refractivity contribution in [2.45, 2.75) is 13.3 Å². The molecule has 0 radical (unpaired) electrons. The van der Waals surface area contributed by atoms with Gasteiger partial charge in [-0.3, -0.25) is 9.69 Å². The molecule has 2 heterocycles. The average molecular weight is 339 g/mol. The summed E-state index contributed by atoms with van der Waals surface area (Å²) in [6.45, 7) is 3.75. The maximum absolute atomic E-state index is 12.3. The number of thioether (sulfide) groups is 1. The van der Waals surface area contributed by atoms with Gasteiger partial charge in [0.1, 0.15) is 11.8 Å². The third-order valence-electron chi connectivity index (χ3n) is 3.64. The van der Waals surface area contributed by atoms with E-state index in [-0.39, 0.29) is 5.91 Å². The van der Waals surface area contributed by atoms with E-state index in [1.54, 1.807) is 14.0 Å². The summed E-state index contributed by atoms with van der Waals surface area (Å²) >= 11 is 1.21. The van der Waals surface area contributed by atoms with Crippen LogP contribution in [0.5, 0.6) is 0 Å². The Bertz CT molecular complexity index is 598. The van der Waals surface area contributed by atoms with Gasteiger partial charge in [0, 0.05) is 20.3 Å². The van der Waals surface area contributed by atoms with Crippen LogP contribution in [-0.4, -0.2) is 68.6 Å². The molecule has 0 fully saturated rings. The second-order valence-electron chi connectivity index (χ2n) is 5.44. The zero-order valence-corrected chi connectivity index (χ0v) is 14.6. The lowest BCUT2D eigenvalue weighted by molar-refractivity contribution is -0.135. The van der Waals surface area contributed by atoms with E-state index in [2.05, 4.69) is 9.98 Å². The van der Waals surface area contributed by atoms with Gasteiger partial charge >= 0.3 is 5.97 Å². The molecule has 0 saturated heterocycles. The Morgan fingerprint density at radius 2 is 2.09 bits per heavy atom. The van der Waals surface area contributed by atoms with E-state index in [1.165, 1.54) is 18.9 Å². The van der Waals surface area contributed by atoms with Gasteiger partial charge in [-0.05, 0) is 26.0 Å². The fraction of sp³-hybridized carbons (Fsp3) is 0.600. The van der Waals surface area contributed by atoms with Crippen LogP contribution in [0.15, 0.2) is 20.5 Å². The van der Waals surface area contributed by atoms with Gasteiger partial charge in [-0.15, -0.1) is 0 Å². The van der Waals surface area contributed by atoms with Gasteiger partial charge in [0.15, 0.2) is 0 Å². The number of ether oxygens (including phenoxy) is 2. The molecule has 8 heteroatoms. The van der Waals surface area contributed by atoms with Crippen molar-refractivity contribution in [2.24, 2.45) is 15.9 Å². The molecule has 126 valence electrons. The van der Waals surface area contributed by atoms with Crippen molar-refractivity contribution in [1.82, 2.24) is 4.90 Å². The molecular weight excluding hydrogens is 318 g/mol. The number of amidine groups is 1. The molecule has 1 atom stereocenters. The molecule has 0 aromatic heterocycles. The molecule has 23 heavy (non-hydrogen) atoms. The first kappa shape index (κ1) is 17.8. The first-order chi connectivity index (χ1) is 11.0. The van der Waals surface area contributed by atoms with E-state index in [9.17, 15) is 9.59 Å². The zero-order valence-electron chi connectivity index (χ0n) is 13.8. The number of likely N-dealkylation sites (N-methyl/N-ethyl adjacent to an activating group) is 1. The van der Waals surface area contributed by atoms with Gasteiger partial charge in [-0.1, -0.05) is 11.8 Å². The van der Waals surface area contributed by atoms with Crippen LogP contribution < -0.4 is 0 Å². The highest BCUT2D eigenvalue weighted by atomic mass is 32.2. The SMILES string of the molecule is COCCCN(C)CC1=NC(=O)C2C(=N1)SC(C(=O)OC)=C2C. The molecule has 0 saturated carbocycles. The highest BCUT2D eigenvalue weighted by Gasteiger charge is 2.40. The van der Waals surface area contributed by atoms with Crippen molar-refractivity contribution in [1.29, 1.82) is 0 Å². The number of fused-ring (bicyclic) bond motifs is 1. The molecule has 2 rings (SSSR count). The smallest absolute Gasteiger partial charge is 0.344 e. The van der Waals surface area contributed by atoms with Gasteiger partial charge in [-0.25, -0.2) is 9.79 Å². The molecule has 0 aromatic rings. The number of aliphatic imine (C=N–C) groups is 2. The van der Waals surface area contributed by atoms with E-state index in [0.29, 0.717) is 34.5 Å². The summed E-state index contributed by atoms with van der Waals surface area (Å²) in [5.74, 6) is -0.751. The zero-order chi connectivity index (χ0) is 17.0. The van der Waals surface area contributed by atoms with Crippen LogP contribution in [0, 0.1) is 5.92 Å². The molecule has 2 aliphatic heterocycles. The Kier molecular flexibility index (Phi) is 6.09.